The zero-order valence-electron chi connectivity index (χ0n) is 12.2. The van der Waals surface area contributed by atoms with Crippen molar-refractivity contribution < 1.29 is 14.4 Å². The lowest BCUT2D eigenvalue weighted by molar-refractivity contribution is -0.384. The van der Waals surface area contributed by atoms with Crippen molar-refractivity contribution in [1.82, 2.24) is 4.90 Å². The number of benzene rings is 1. The lowest BCUT2D eigenvalue weighted by Gasteiger charge is -2.26. The molecule has 1 aliphatic heterocycles. The van der Waals surface area contributed by atoms with E-state index in [9.17, 15) is 10.1 Å². The molecule has 1 aromatic carbocycles. The van der Waals surface area contributed by atoms with E-state index in [0.29, 0.717) is 18.0 Å². The SMILES string of the molecule is CNc1cc(OCCCN2CCOCC2)ccc1[N+](=O)[O-]. The molecule has 116 valence electrons. The molecule has 0 atom stereocenters. The van der Waals surface area contributed by atoms with Crippen LogP contribution in [0.3, 0.4) is 0 Å². The van der Waals surface area contributed by atoms with Gasteiger partial charge in [0.05, 0.1) is 24.7 Å². The minimum Gasteiger partial charge on any atom is -0.493 e. The minimum atomic E-state index is -0.409. The summed E-state index contributed by atoms with van der Waals surface area (Å²) in [6.07, 6.45) is 0.922. The van der Waals surface area contributed by atoms with Gasteiger partial charge in [-0.25, -0.2) is 0 Å². The number of nitrogens with zero attached hydrogens (tertiary/aromatic N) is 2. The number of ether oxygens (including phenoxy) is 2. The first-order chi connectivity index (χ1) is 10.2. The van der Waals surface area contributed by atoms with E-state index in [1.807, 2.05) is 0 Å². The third-order valence-corrected chi connectivity index (χ3v) is 3.43. The average Bonchev–Trinajstić information content (AvgIpc) is 2.52. The van der Waals surface area contributed by atoms with Crippen molar-refractivity contribution >= 4 is 11.4 Å². The quantitative estimate of drug-likeness (QED) is 0.469. The molecule has 7 nitrogen and oxygen atoms in total. The van der Waals surface area contributed by atoms with Gasteiger partial charge in [0.1, 0.15) is 11.4 Å². The summed E-state index contributed by atoms with van der Waals surface area (Å²) in [5, 5.41) is 13.7. The molecule has 2 rings (SSSR count). The second-order valence-corrected chi connectivity index (χ2v) is 4.84. The first-order valence-corrected chi connectivity index (χ1v) is 7.10. The number of hydrogen-bond acceptors (Lipinski definition) is 6. The number of rotatable bonds is 7. The van der Waals surface area contributed by atoms with Gasteiger partial charge in [-0.2, -0.15) is 0 Å². The van der Waals surface area contributed by atoms with Crippen LogP contribution in [-0.2, 0) is 4.74 Å². The standard InChI is InChI=1S/C14H21N3O4/c1-15-13-11-12(3-4-14(13)17(18)19)21-8-2-5-16-6-9-20-10-7-16/h3-4,11,15H,2,5-10H2,1H3. The lowest BCUT2D eigenvalue weighted by Crippen LogP contribution is -2.37. The van der Waals surface area contributed by atoms with Crippen LogP contribution < -0.4 is 10.1 Å². The summed E-state index contributed by atoms with van der Waals surface area (Å²) in [6, 6.07) is 4.75. The van der Waals surface area contributed by atoms with E-state index in [1.165, 1.54) is 6.07 Å². The molecule has 0 bridgehead atoms. The third kappa shape index (κ3) is 4.57. The number of nitro groups is 1. The fourth-order valence-electron chi connectivity index (χ4n) is 2.27. The molecule has 0 unspecified atom stereocenters. The van der Waals surface area contributed by atoms with E-state index in [4.69, 9.17) is 9.47 Å². The fourth-order valence-corrected chi connectivity index (χ4v) is 2.27. The highest BCUT2D eigenvalue weighted by molar-refractivity contribution is 5.63. The van der Waals surface area contributed by atoms with Crippen LogP contribution in [0.4, 0.5) is 11.4 Å². The molecule has 1 aromatic rings. The smallest absolute Gasteiger partial charge is 0.292 e. The van der Waals surface area contributed by atoms with Crippen molar-refractivity contribution in [2.75, 3.05) is 51.8 Å². The summed E-state index contributed by atoms with van der Waals surface area (Å²) >= 11 is 0. The Hall–Kier alpha value is -1.86. The molecule has 0 spiro atoms. The van der Waals surface area contributed by atoms with Crippen molar-refractivity contribution in [2.24, 2.45) is 0 Å². The predicted molar refractivity (Wildman–Crippen MR) is 80.0 cm³/mol. The van der Waals surface area contributed by atoms with E-state index < -0.39 is 4.92 Å². The van der Waals surface area contributed by atoms with Gasteiger partial charge >= 0.3 is 0 Å². The van der Waals surface area contributed by atoms with Crippen LogP contribution in [0, 0.1) is 10.1 Å². The van der Waals surface area contributed by atoms with Crippen LogP contribution in [0.15, 0.2) is 18.2 Å². The van der Waals surface area contributed by atoms with Gasteiger partial charge in [-0.15, -0.1) is 0 Å². The molecule has 7 heteroatoms. The Morgan fingerprint density at radius 2 is 2.19 bits per heavy atom. The minimum absolute atomic E-state index is 0.0539. The molecule has 1 fully saturated rings. The summed E-state index contributed by atoms with van der Waals surface area (Å²) in [5.74, 6) is 0.645. The van der Waals surface area contributed by atoms with E-state index in [-0.39, 0.29) is 5.69 Å². The number of nitrogens with one attached hydrogen (secondary N) is 1. The molecule has 0 radical (unpaired) electrons. The largest absolute Gasteiger partial charge is 0.493 e. The predicted octanol–water partition coefficient (Wildman–Crippen LogP) is 1.74. The number of morpholine rings is 1. The van der Waals surface area contributed by atoms with Crippen LogP contribution in [0.5, 0.6) is 5.75 Å². The lowest BCUT2D eigenvalue weighted by atomic mass is 10.2. The highest BCUT2D eigenvalue weighted by atomic mass is 16.6. The molecule has 0 amide bonds. The normalized spacial score (nSPS) is 15.7. The fraction of sp³-hybridized carbons (Fsp3) is 0.571. The molecule has 1 N–H and O–H groups in total. The van der Waals surface area contributed by atoms with Crippen molar-refractivity contribution in [1.29, 1.82) is 0 Å². The molecular weight excluding hydrogens is 274 g/mol. The number of nitro benzene ring substituents is 1. The maximum absolute atomic E-state index is 10.8. The van der Waals surface area contributed by atoms with Gasteiger partial charge in [0.15, 0.2) is 0 Å². The van der Waals surface area contributed by atoms with Crippen molar-refractivity contribution in [3.63, 3.8) is 0 Å². The molecule has 1 heterocycles. The highest BCUT2D eigenvalue weighted by Crippen LogP contribution is 2.28. The molecule has 0 aromatic heterocycles. The Morgan fingerprint density at radius 1 is 1.43 bits per heavy atom. The Balaban J connectivity index is 1.78. The second kappa shape index (κ2) is 7.80. The first kappa shape index (κ1) is 15.5. The van der Waals surface area contributed by atoms with Crippen molar-refractivity contribution in [3.8, 4) is 5.75 Å². The van der Waals surface area contributed by atoms with Gasteiger partial charge in [0.2, 0.25) is 0 Å². The van der Waals surface area contributed by atoms with E-state index >= 15 is 0 Å². The zero-order valence-corrected chi connectivity index (χ0v) is 12.2. The Kier molecular flexibility index (Phi) is 5.77. The van der Waals surface area contributed by atoms with Crippen LogP contribution in [-0.4, -0.2) is 56.3 Å². The summed E-state index contributed by atoms with van der Waals surface area (Å²) < 4.78 is 11.0. The first-order valence-electron chi connectivity index (χ1n) is 7.10. The Bertz CT molecular complexity index is 475. The summed E-state index contributed by atoms with van der Waals surface area (Å²) in [6.45, 7) is 5.12. The van der Waals surface area contributed by atoms with E-state index in [2.05, 4.69) is 10.2 Å². The number of hydrogen-bond donors (Lipinski definition) is 1. The van der Waals surface area contributed by atoms with E-state index in [0.717, 1.165) is 39.3 Å². The molecule has 1 aliphatic rings. The van der Waals surface area contributed by atoms with Gasteiger partial charge in [-0.05, 0) is 12.5 Å². The highest BCUT2D eigenvalue weighted by Gasteiger charge is 2.13. The summed E-state index contributed by atoms with van der Waals surface area (Å²) in [4.78, 5) is 12.8. The summed E-state index contributed by atoms with van der Waals surface area (Å²) in [7, 11) is 1.66. The topological polar surface area (TPSA) is 76.9 Å². The molecule has 21 heavy (non-hydrogen) atoms. The number of anilines is 1. The average molecular weight is 295 g/mol. The second-order valence-electron chi connectivity index (χ2n) is 4.84. The van der Waals surface area contributed by atoms with Crippen molar-refractivity contribution in [3.05, 3.63) is 28.3 Å². The summed E-state index contributed by atoms with van der Waals surface area (Å²) in [5.41, 5.74) is 0.517. The molecular formula is C14H21N3O4. The Labute approximate surface area is 124 Å². The van der Waals surface area contributed by atoms with Gasteiger partial charge in [0.25, 0.3) is 5.69 Å². The van der Waals surface area contributed by atoms with Gasteiger partial charge < -0.3 is 14.8 Å². The monoisotopic (exact) mass is 295 g/mol. The van der Waals surface area contributed by atoms with Crippen LogP contribution in [0.2, 0.25) is 0 Å². The van der Waals surface area contributed by atoms with E-state index in [1.54, 1.807) is 19.2 Å². The Morgan fingerprint density at radius 3 is 2.86 bits per heavy atom. The third-order valence-electron chi connectivity index (χ3n) is 3.43. The molecule has 0 aliphatic carbocycles. The van der Waals surface area contributed by atoms with Crippen molar-refractivity contribution in [2.45, 2.75) is 6.42 Å². The molecule has 1 saturated heterocycles. The van der Waals surface area contributed by atoms with Gasteiger partial charge in [0, 0.05) is 38.8 Å². The maximum Gasteiger partial charge on any atom is 0.292 e. The van der Waals surface area contributed by atoms with Gasteiger partial charge in [-0.1, -0.05) is 0 Å². The van der Waals surface area contributed by atoms with Crippen LogP contribution in [0.25, 0.3) is 0 Å². The van der Waals surface area contributed by atoms with Crippen LogP contribution >= 0.6 is 0 Å². The van der Waals surface area contributed by atoms with Crippen LogP contribution in [0.1, 0.15) is 6.42 Å². The maximum atomic E-state index is 10.8. The van der Waals surface area contributed by atoms with Gasteiger partial charge in [-0.3, -0.25) is 15.0 Å². The zero-order chi connectivity index (χ0) is 15.1. The molecule has 0 saturated carbocycles.